The summed E-state index contributed by atoms with van der Waals surface area (Å²) in [6, 6.07) is 18.9. The van der Waals surface area contributed by atoms with E-state index < -0.39 is 16.6 Å². The van der Waals surface area contributed by atoms with Crippen molar-refractivity contribution in [1.82, 2.24) is 10.2 Å². The van der Waals surface area contributed by atoms with Gasteiger partial charge in [-0.05, 0) is 46.4 Å². The second-order valence-electron chi connectivity index (χ2n) is 9.21. The van der Waals surface area contributed by atoms with Gasteiger partial charge in [0.2, 0.25) is 0 Å². The van der Waals surface area contributed by atoms with Crippen LogP contribution >= 0.6 is 0 Å². The Morgan fingerprint density at radius 3 is 2.30 bits per heavy atom. The molecule has 0 aromatic heterocycles. The summed E-state index contributed by atoms with van der Waals surface area (Å²) in [6.07, 6.45) is -0.696. The van der Waals surface area contributed by atoms with E-state index in [9.17, 15) is 17.1 Å². The van der Waals surface area contributed by atoms with Crippen LogP contribution in [0, 0.1) is 6.92 Å². The average Bonchev–Trinajstić information content (AvgIpc) is 3.19. The maximum Gasteiger partial charge on any atom is 0.488 e. The van der Waals surface area contributed by atoms with Gasteiger partial charge in [0.15, 0.2) is 0 Å². The average molecular weight is 526 g/mol. The number of rotatable bonds is 7. The summed E-state index contributed by atoms with van der Waals surface area (Å²) in [7, 11) is -5.23. The first-order valence-corrected chi connectivity index (χ1v) is 13.4. The number of amides is 1. The van der Waals surface area contributed by atoms with Gasteiger partial charge in [0.05, 0.1) is 5.69 Å². The van der Waals surface area contributed by atoms with Crippen molar-refractivity contribution in [1.29, 1.82) is 0 Å². The van der Waals surface area contributed by atoms with Crippen LogP contribution in [0.5, 0.6) is 5.75 Å². The van der Waals surface area contributed by atoms with Crippen molar-refractivity contribution >= 4 is 22.3 Å². The predicted molar refractivity (Wildman–Crippen MR) is 139 cm³/mol. The van der Waals surface area contributed by atoms with Gasteiger partial charge in [0, 0.05) is 44.7 Å². The van der Waals surface area contributed by atoms with Crippen LogP contribution in [-0.4, -0.2) is 52.2 Å². The monoisotopic (exact) mass is 525 g/mol. The standard InChI is InChI=1S/C27H28FN3O5S/c1-18-19(16-31-12-10-29-11-13-31)14-20(36-37(28,33)34)15-26(18)30-27(32)35-17-25-23-8-4-2-6-21(23)22-7-3-5-9-24(22)25/h2-9,14-15,25,29H,10-13,16-17H2,1H3,(H,30,32). The second-order valence-corrected chi connectivity index (χ2v) is 10.2. The molecule has 3 aromatic carbocycles. The van der Waals surface area contributed by atoms with Crippen LogP contribution in [0.15, 0.2) is 60.7 Å². The molecule has 2 aliphatic rings. The molecule has 3 aromatic rings. The van der Waals surface area contributed by atoms with E-state index in [1.165, 1.54) is 12.1 Å². The Bertz CT molecular complexity index is 1380. The van der Waals surface area contributed by atoms with Gasteiger partial charge >= 0.3 is 16.6 Å². The van der Waals surface area contributed by atoms with Crippen LogP contribution in [-0.2, 0) is 21.8 Å². The molecule has 0 spiro atoms. The summed E-state index contributed by atoms with van der Waals surface area (Å²) in [5.74, 6) is -0.318. The Labute approximate surface area is 215 Å². The molecule has 1 amide bonds. The number of piperazine rings is 1. The first-order chi connectivity index (χ1) is 17.8. The van der Waals surface area contributed by atoms with E-state index >= 15 is 0 Å². The van der Waals surface area contributed by atoms with Gasteiger partial charge in [0.1, 0.15) is 12.4 Å². The molecule has 1 aliphatic heterocycles. The van der Waals surface area contributed by atoms with Crippen LogP contribution in [0.3, 0.4) is 0 Å². The smallest absolute Gasteiger partial charge is 0.448 e. The summed E-state index contributed by atoms with van der Waals surface area (Å²) in [5, 5.41) is 5.97. The summed E-state index contributed by atoms with van der Waals surface area (Å²) < 4.78 is 45.8. The Kier molecular flexibility index (Phi) is 7.14. The Balaban J connectivity index is 1.34. The Morgan fingerprint density at radius 2 is 1.68 bits per heavy atom. The molecular weight excluding hydrogens is 497 g/mol. The zero-order chi connectivity index (χ0) is 26.0. The number of benzene rings is 3. The molecule has 0 unspecified atom stereocenters. The molecule has 1 heterocycles. The third-order valence-corrected chi connectivity index (χ3v) is 7.26. The molecule has 1 aliphatic carbocycles. The fourth-order valence-corrected chi connectivity index (χ4v) is 5.38. The van der Waals surface area contributed by atoms with Gasteiger partial charge in [-0.25, -0.2) is 4.79 Å². The number of carbonyl (C=O) groups excluding carboxylic acids is 1. The van der Waals surface area contributed by atoms with Crippen molar-refractivity contribution in [2.75, 3.05) is 38.1 Å². The van der Waals surface area contributed by atoms with E-state index in [4.69, 9.17) is 4.74 Å². The lowest BCUT2D eigenvalue weighted by Crippen LogP contribution is -2.43. The Hall–Kier alpha value is -3.47. The molecule has 10 heteroatoms. The van der Waals surface area contributed by atoms with Crippen LogP contribution in [0.4, 0.5) is 14.4 Å². The zero-order valence-electron chi connectivity index (χ0n) is 20.4. The molecule has 0 atom stereocenters. The highest BCUT2D eigenvalue weighted by atomic mass is 32.3. The predicted octanol–water partition coefficient (Wildman–Crippen LogP) is 4.35. The van der Waals surface area contributed by atoms with Crippen molar-refractivity contribution < 1.29 is 26.0 Å². The molecule has 0 radical (unpaired) electrons. The first kappa shape index (κ1) is 25.2. The lowest BCUT2D eigenvalue weighted by Gasteiger charge is -2.28. The third kappa shape index (κ3) is 5.76. The molecular formula is C27H28FN3O5S. The van der Waals surface area contributed by atoms with Crippen LogP contribution in [0.1, 0.15) is 28.2 Å². The number of anilines is 1. The number of nitrogens with one attached hydrogen (secondary N) is 2. The van der Waals surface area contributed by atoms with Crippen LogP contribution in [0.2, 0.25) is 0 Å². The van der Waals surface area contributed by atoms with Crippen LogP contribution < -0.4 is 14.8 Å². The lowest BCUT2D eigenvalue weighted by atomic mass is 9.98. The maximum absolute atomic E-state index is 13.3. The molecule has 1 saturated heterocycles. The van der Waals surface area contributed by atoms with E-state index in [0.717, 1.165) is 59.6 Å². The van der Waals surface area contributed by atoms with E-state index in [1.807, 2.05) is 43.3 Å². The van der Waals surface area contributed by atoms with E-state index in [-0.39, 0.29) is 18.3 Å². The fraction of sp³-hybridized carbons (Fsp3) is 0.296. The van der Waals surface area contributed by atoms with Gasteiger partial charge in [-0.15, -0.1) is 0 Å². The molecule has 1 fully saturated rings. The van der Waals surface area contributed by atoms with Gasteiger partial charge in [-0.3, -0.25) is 10.2 Å². The quantitative estimate of drug-likeness (QED) is 0.443. The van der Waals surface area contributed by atoms with E-state index in [0.29, 0.717) is 12.2 Å². The van der Waals surface area contributed by atoms with E-state index in [1.54, 1.807) is 0 Å². The molecule has 37 heavy (non-hydrogen) atoms. The minimum absolute atomic E-state index is 0.103. The topological polar surface area (TPSA) is 97.0 Å². The Morgan fingerprint density at radius 1 is 1.05 bits per heavy atom. The SMILES string of the molecule is Cc1c(CN2CCNCC2)cc(OS(=O)(=O)F)cc1NC(=O)OCC1c2ccccc2-c2ccccc21. The number of fused-ring (bicyclic) bond motifs is 3. The van der Waals surface area contributed by atoms with Crippen molar-refractivity contribution in [3.05, 3.63) is 82.9 Å². The zero-order valence-corrected chi connectivity index (χ0v) is 21.2. The maximum atomic E-state index is 13.3. The van der Waals surface area contributed by atoms with Gasteiger partial charge in [-0.1, -0.05) is 52.4 Å². The number of hydrogen-bond donors (Lipinski definition) is 2. The first-order valence-electron chi connectivity index (χ1n) is 12.1. The van der Waals surface area contributed by atoms with Crippen molar-refractivity contribution in [3.63, 3.8) is 0 Å². The molecule has 5 rings (SSSR count). The largest absolute Gasteiger partial charge is 0.488 e. The van der Waals surface area contributed by atoms with Crippen molar-refractivity contribution in [3.8, 4) is 16.9 Å². The van der Waals surface area contributed by atoms with Crippen molar-refractivity contribution in [2.45, 2.75) is 19.4 Å². The molecule has 0 saturated carbocycles. The number of hydrogen-bond acceptors (Lipinski definition) is 7. The summed E-state index contributed by atoms with van der Waals surface area (Å²) in [5.41, 5.74) is 6.16. The summed E-state index contributed by atoms with van der Waals surface area (Å²) in [4.78, 5) is 15.0. The van der Waals surface area contributed by atoms with Crippen LogP contribution in [0.25, 0.3) is 11.1 Å². The van der Waals surface area contributed by atoms with E-state index in [2.05, 4.69) is 31.8 Å². The fourth-order valence-electron chi connectivity index (χ4n) is 5.06. The van der Waals surface area contributed by atoms with Gasteiger partial charge in [-0.2, -0.15) is 8.42 Å². The highest BCUT2D eigenvalue weighted by Crippen LogP contribution is 2.44. The summed E-state index contributed by atoms with van der Waals surface area (Å²) in [6.45, 7) is 5.71. The minimum Gasteiger partial charge on any atom is -0.448 e. The number of carbonyl (C=O) groups is 1. The third-order valence-electron chi connectivity index (χ3n) is 6.87. The highest BCUT2D eigenvalue weighted by molar-refractivity contribution is 7.81. The lowest BCUT2D eigenvalue weighted by molar-refractivity contribution is 0.158. The van der Waals surface area contributed by atoms with Gasteiger partial charge < -0.3 is 14.2 Å². The number of nitrogens with zero attached hydrogens (tertiary/aromatic N) is 1. The minimum atomic E-state index is -5.23. The molecule has 0 bridgehead atoms. The second kappa shape index (κ2) is 10.5. The normalized spacial score (nSPS) is 15.6. The number of halogens is 1. The highest BCUT2D eigenvalue weighted by Gasteiger charge is 2.29. The van der Waals surface area contributed by atoms with Gasteiger partial charge in [0.25, 0.3) is 0 Å². The molecule has 194 valence electrons. The molecule has 2 N–H and O–H groups in total. The number of ether oxygens (including phenoxy) is 1. The van der Waals surface area contributed by atoms with Crippen molar-refractivity contribution in [2.24, 2.45) is 0 Å². The summed E-state index contributed by atoms with van der Waals surface area (Å²) >= 11 is 0. The molecule has 8 nitrogen and oxygen atoms in total.